The molecule has 2 aromatic carbocycles. The van der Waals surface area contributed by atoms with Gasteiger partial charge in [0.1, 0.15) is 18.1 Å². The second-order valence-corrected chi connectivity index (χ2v) is 5.14. The van der Waals surface area contributed by atoms with Gasteiger partial charge in [0, 0.05) is 6.08 Å². The predicted octanol–water partition coefficient (Wildman–Crippen LogP) is 4.21. The first kappa shape index (κ1) is 18.9. The first-order chi connectivity index (χ1) is 12.4. The van der Waals surface area contributed by atoms with Crippen LogP contribution in [-0.4, -0.2) is 17.7 Å². The van der Waals surface area contributed by atoms with Gasteiger partial charge in [0.15, 0.2) is 0 Å². The Morgan fingerprint density at radius 1 is 1.12 bits per heavy atom. The molecule has 0 heterocycles. The summed E-state index contributed by atoms with van der Waals surface area (Å²) in [5.41, 5.74) is 0.196. The fourth-order valence-electron chi connectivity index (χ4n) is 1.98. The maximum Gasteiger partial charge on any atom is 0.426 e. The van der Waals surface area contributed by atoms with Crippen LogP contribution in [0.2, 0.25) is 0 Å². The molecule has 0 aromatic heterocycles. The largest absolute Gasteiger partial charge is 0.493 e. The molecule has 0 aliphatic carbocycles. The summed E-state index contributed by atoms with van der Waals surface area (Å²) in [6.45, 7) is 0.186. The highest BCUT2D eigenvalue weighted by atomic mass is 19.3. The lowest BCUT2D eigenvalue weighted by Gasteiger charge is -2.18. The number of carboxylic acids is 1. The van der Waals surface area contributed by atoms with Crippen molar-refractivity contribution in [2.45, 2.75) is 12.5 Å². The van der Waals surface area contributed by atoms with Crippen LogP contribution in [0.5, 0.6) is 11.5 Å². The molecule has 5 nitrogen and oxygen atoms in total. The minimum Gasteiger partial charge on any atom is -0.493 e. The van der Waals surface area contributed by atoms with Crippen LogP contribution in [0.3, 0.4) is 0 Å². The third-order valence-corrected chi connectivity index (χ3v) is 3.22. The zero-order chi connectivity index (χ0) is 19.0. The number of nitrogens with zero attached hydrogens (tertiary/aromatic N) is 1. The third-order valence-electron chi connectivity index (χ3n) is 3.22. The van der Waals surface area contributed by atoms with Crippen LogP contribution in [-0.2, 0) is 10.9 Å². The van der Waals surface area contributed by atoms with Crippen LogP contribution >= 0.6 is 0 Å². The maximum absolute atomic E-state index is 14.2. The van der Waals surface area contributed by atoms with Crippen LogP contribution in [0, 0.1) is 11.3 Å². The molecular weight excluding hydrogens is 344 g/mol. The lowest BCUT2D eigenvalue weighted by atomic mass is 10.2. The molecule has 0 spiro atoms. The number of hydrogen-bond acceptors (Lipinski definition) is 4. The molecule has 2 rings (SSSR count). The summed E-state index contributed by atoms with van der Waals surface area (Å²) < 4.78 is 38.5. The topological polar surface area (TPSA) is 79.5 Å². The average molecular weight is 359 g/mol. The van der Waals surface area contributed by atoms with E-state index >= 15 is 0 Å². The van der Waals surface area contributed by atoms with E-state index in [1.807, 2.05) is 6.07 Å². The molecule has 134 valence electrons. The third kappa shape index (κ3) is 5.60. The lowest BCUT2D eigenvalue weighted by Crippen LogP contribution is -2.21. The van der Waals surface area contributed by atoms with Gasteiger partial charge in [0.05, 0.1) is 18.1 Å². The van der Waals surface area contributed by atoms with E-state index in [0.29, 0.717) is 11.3 Å². The molecule has 0 unspecified atom stereocenters. The fourth-order valence-corrected chi connectivity index (χ4v) is 1.98. The molecule has 7 heteroatoms. The second-order valence-electron chi connectivity index (χ2n) is 5.14. The van der Waals surface area contributed by atoms with Crippen molar-refractivity contribution in [3.63, 3.8) is 0 Å². The van der Waals surface area contributed by atoms with E-state index in [1.165, 1.54) is 54.6 Å². The molecule has 0 bridgehead atoms. The monoisotopic (exact) mass is 359 g/mol. The van der Waals surface area contributed by atoms with Crippen molar-refractivity contribution in [2.24, 2.45) is 0 Å². The zero-order valence-electron chi connectivity index (χ0n) is 13.6. The van der Waals surface area contributed by atoms with Gasteiger partial charge in [-0.25, -0.2) is 4.79 Å². The number of ether oxygens (including phenoxy) is 2. The molecular formula is C19H15F2NO4. The van der Waals surface area contributed by atoms with Crippen molar-refractivity contribution >= 4 is 12.0 Å². The van der Waals surface area contributed by atoms with Crippen molar-refractivity contribution in [3.8, 4) is 17.6 Å². The summed E-state index contributed by atoms with van der Waals surface area (Å²) in [6.07, 6.45) is -1.05. The molecule has 0 amide bonds. The predicted molar refractivity (Wildman–Crippen MR) is 89.8 cm³/mol. The minimum absolute atomic E-state index is 0.0585. The van der Waals surface area contributed by atoms with Crippen LogP contribution < -0.4 is 9.47 Å². The molecule has 2 aromatic rings. The van der Waals surface area contributed by atoms with E-state index in [2.05, 4.69) is 0 Å². The van der Waals surface area contributed by atoms with Gasteiger partial charge in [-0.15, -0.1) is 0 Å². The van der Waals surface area contributed by atoms with Crippen molar-refractivity contribution in [1.29, 1.82) is 5.26 Å². The number of aliphatic carboxylic acids is 1. The van der Waals surface area contributed by atoms with Crippen LogP contribution in [0.1, 0.15) is 17.5 Å². The Morgan fingerprint density at radius 3 is 2.31 bits per heavy atom. The van der Waals surface area contributed by atoms with Gasteiger partial charge in [-0.3, -0.25) is 0 Å². The number of benzene rings is 2. The Hall–Kier alpha value is -3.40. The van der Waals surface area contributed by atoms with Gasteiger partial charge in [-0.1, -0.05) is 12.1 Å². The van der Waals surface area contributed by atoms with Gasteiger partial charge in [-0.05, 0) is 48.0 Å². The molecule has 0 saturated carbocycles. The van der Waals surface area contributed by atoms with Crippen molar-refractivity contribution < 1.29 is 28.2 Å². The Morgan fingerprint density at radius 2 is 1.73 bits per heavy atom. The fraction of sp³-hybridized carbons (Fsp3) is 0.158. The van der Waals surface area contributed by atoms with E-state index in [9.17, 15) is 13.6 Å². The van der Waals surface area contributed by atoms with Gasteiger partial charge < -0.3 is 14.6 Å². The number of rotatable bonds is 8. The number of carbonyl (C=O) groups is 1. The summed E-state index contributed by atoms with van der Waals surface area (Å²) in [7, 11) is 0. The Kier molecular flexibility index (Phi) is 6.28. The minimum atomic E-state index is -3.55. The van der Waals surface area contributed by atoms with Crippen molar-refractivity contribution in [1.82, 2.24) is 0 Å². The van der Waals surface area contributed by atoms with Crippen LogP contribution in [0.25, 0.3) is 6.08 Å². The highest BCUT2D eigenvalue weighted by Crippen LogP contribution is 2.32. The van der Waals surface area contributed by atoms with Gasteiger partial charge in [0.25, 0.3) is 0 Å². The van der Waals surface area contributed by atoms with E-state index in [0.717, 1.165) is 6.08 Å². The molecule has 0 radical (unpaired) electrons. The smallest absolute Gasteiger partial charge is 0.426 e. The summed E-state index contributed by atoms with van der Waals surface area (Å²) >= 11 is 0. The van der Waals surface area contributed by atoms with Crippen molar-refractivity contribution in [2.75, 3.05) is 6.61 Å². The molecule has 0 atom stereocenters. The first-order valence-electron chi connectivity index (χ1n) is 7.59. The Balaban J connectivity index is 2.03. The molecule has 1 N–H and O–H groups in total. The van der Waals surface area contributed by atoms with E-state index in [1.54, 1.807) is 0 Å². The second kappa shape index (κ2) is 8.62. The van der Waals surface area contributed by atoms with Crippen LogP contribution in [0.15, 0.2) is 54.6 Å². The van der Waals surface area contributed by atoms with Crippen molar-refractivity contribution in [3.05, 3.63) is 65.7 Å². The quantitative estimate of drug-likeness (QED) is 0.564. The van der Waals surface area contributed by atoms with Gasteiger partial charge in [-0.2, -0.15) is 14.0 Å². The number of nitriles is 1. The van der Waals surface area contributed by atoms with E-state index in [4.69, 9.17) is 19.8 Å². The molecule has 26 heavy (non-hydrogen) atoms. The average Bonchev–Trinajstić information content (AvgIpc) is 2.61. The lowest BCUT2D eigenvalue weighted by molar-refractivity contribution is -0.185. The number of hydrogen-bond donors (Lipinski definition) is 1. The Labute approximate surface area is 148 Å². The van der Waals surface area contributed by atoms with Crippen LogP contribution in [0.4, 0.5) is 8.78 Å². The summed E-state index contributed by atoms with van der Waals surface area (Å²) in [5, 5.41) is 17.0. The normalized spacial score (nSPS) is 11.1. The summed E-state index contributed by atoms with van der Waals surface area (Å²) in [5.74, 6) is -0.775. The first-order valence-corrected chi connectivity index (χ1v) is 7.59. The van der Waals surface area contributed by atoms with E-state index < -0.39 is 12.1 Å². The SMILES string of the molecule is N#CCCOc1ccc(C(F)(F)Oc2ccc(C=CC(=O)O)cc2)cc1. The van der Waals surface area contributed by atoms with E-state index in [-0.39, 0.29) is 24.3 Å². The Bertz CT molecular complexity index is 809. The zero-order valence-corrected chi connectivity index (χ0v) is 13.6. The van der Waals surface area contributed by atoms with Gasteiger partial charge in [0.2, 0.25) is 0 Å². The molecule has 0 fully saturated rings. The number of alkyl halides is 2. The summed E-state index contributed by atoms with van der Waals surface area (Å²) in [6, 6.07) is 12.6. The molecule has 0 aliphatic heterocycles. The standard InChI is InChI=1S/C19H15F2NO4/c20-19(21,15-5-9-16(10-6-15)25-13-1-12-22)26-17-7-2-14(3-8-17)4-11-18(23)24/h2-11H,1,13H2,(H,23,24). The van der Waals surface area contributed by atoms with Gasteiger partial charge >= 0.3 is 12.1 Å². The molecule has 0 saturated heterocycles. The highest BCUT2D eigenvalue weighted by Gasteiger charge is 2.34. The maximum atomic E-state index is 14.2. The highest BCUT2D eigenvalue weighted by molar-refractivity contribution is 5.85. The molecule has 0 aliphatic rings. The summed E-state index contributed by atoms with van der Waals surface area (Å²) in [4.78, 5) is 10.4. The number of carboxylic acid groups (broad SMARTS) is 1. The number of halogens is 2.